The van der Waals surface area contributed by atoms with E-state index in [0.717, 1.165) is 11.1 Å². The first kappa shape index (κ1) is 26.9. The number of urea groups is 1. The number of hydrogen-bond acceptors (Lipinski definition) is 6. The fraction of sp³-hybridized carbons (Fsp3) is 0.259. The third kappa shape index (κ3) is 6.04. The molecule has 10 nitrogen and oxygen atoms in total. The number of nitrogens with zero attached hydrogens (tertiary/aromatic N) is 4. The van der Waals surface area contributed by atoms with Gasteiger partial charge in [0.05, 0.1) is 16.3 Å². The number of anilines is 3. The summed E-state index contributed by atoms with van der Waals surface area (Å²) < 4.78 is 1.55. The molecule has 11 heteroatoms. The number of nitrogen functional groups attached to an aromatic ring is 1. The molecule has 2 heterocycles. The number of fused-ring (bicyclic) bond motifs is 1. The van der Waals surface area contributed by atoms with Crippen molar-refractivity contribution < 1.29 is 9.59 Å². The van der Waals surface area contributed by atoms with Crippen molar-refractivity contribution in [1.29, 1.82) is 0 Å². The number of halogens is 1. The van der Waals surface area contributed by atoms with Crippen LogP contribution in [0.3, 0.4) is 0 Å². The molecule has 38 heavy (non-hydrogen) atoms. The predicted molar refractivity (Wildman–Crippen MR) is 152 cm³/mol. The molecule has 0 atom stereocenters. The molecule has 2 aromatic carbocycles. The molecule has 198 valence electrons. The number of carbonyl (C=O) groups is 2. The van der Waals surface area contributed by atoms with Crippen LogP contribution in [0.2, 0.25) is 5.02 Å². The molecule has 0 saturated carbocycles. The van der Waals surface area contributed by atoms with Crippen LogP contribution in [0.4, 0.5) is 22.0 Å². The van der Waals surface area contributed by atoms with Crippen molar-refractivity contribution >= 4 is 46.2 Å². The Morgan fingerprint density at radius 3 is 2.50 bits per heavy atom. The summed E-state index contributed by atoms with van der Waals surface area (Å²) in [5, 5.41) is 13.4. The first-order chi connectivity index (χ1) is 17.9. The van der Waals surface area contributed by atoms with Crippen molar-refractivity contribution in [1.82, 2.24) is 24.8 Å². The average Bonchev–Trinajstić information content (AvgIpc) is 3.22. The molecular formula is C27H31ClN8O2. The van der Waals surface area contributed by atoms with Gasteiger partial charge in [-0.2, -0.15) is 5.10 Å². The van der Waals surface area contributed by atoms with Crippen molar-refractivity contribution in [3.05, 3.63) is 71.1 Å². The minimum Gasteiger partial charge on any atom is -0.382 e. The standard InChI is InChI=1S/C27H31ClN8O2/c1-16-6-11-20(28)21(12-16)33-26(38)32-18-9-7-17(8-10-18)22-19(13-36-23(22)24(29)30-15-31-36)25(37)34-27(2,3)14-35(4)5/h6-13,15H,14H2,1-5H3,(H,34,37)(H2,29,30,31)(H2,32,33,38). The third-order valence-corrected chi connectivity index (χ3v) is 6.14. The molecule has 0 fully saturated rings. The summed E-state index contributed by atoms with van der Waals surface area (Å²) in [5.41, 5.74) is 10.0. The zero-order valence-electron chi connectivity index (χ0n) is 22.0. The first-order valence-electron chi connectivity index (χ1n) is 12.0. The molecule has 4 rings (SSSR count). The van der Waals surface area contributed by atoms with Gasteiger partial charge in [0, 0.05) is 29.5 Å². The van der Waals surface area contributed by atoms with Gasteiger partial charge < -0.3 is 26.6 Å². The van der Waals surface area contributed by atoms with Gasteiger partial charge in [0.25, 0.3) is 5.91 Å². The minimum atomic E-state index is -0.482. The molecular weight excluding hydrogens is 504 g/mol. The number of hydrogen-bond donors (Lipinski definition) is 4. The Kier molecular flexibility index (Phi) is 7.56. The van der Waals surface area contributed by atoms with Gasteiger partial charge in [0.15, 0.2) is 5.82 Å². The average molecular weight is 535 g/mol. The number of aryl methyl sites for hydroxylation is 1. The van der Waals surface area contributed by atoms with Gasteiger partial charge in [0.1, 0.15) is 11.8 Å². The van der Waals surface area contributed by atoms with E-state index in [0.29, 0.717) is 39.6 Å². The van der Waals surface area contributed by atoms with Crippen molar-refractivity contribution in [3.63, 3.8) is 0 Å². The highest BCUT2D eigenvalue weighted by atomic mass is 35.5. The van der Waals surface area contributed by atoms with Crippen LogP contribution in [0, 0.1) is 6.92 Å². The first-order valence-corrected chi connectivity index (χ1v) is 12.3. The lowest BCUT2D eigenvalue weighted by Crippen LogP contribution is -2.50. The summed E-state index contributed by atoms with van der Waals surface area (Å²) >= 11 is 6.19. The van der Waals surface area contributed by atoms with Gasteiger partial charge >= 0.3 is 6.03 Å². The molecule has 2 aromatic heterocycles. The van der Waals surface area contributed by atoms with Crippen LogP contribution in [-0.2, 0) is 0 Å². The molecule has 0 spiro atoms. The van der Waals surface area contributed by atoms with Crippen molar-refractivity contribution in [2.24, 2.45) is 0 Å². The molecule has 0 unspecified atom stereocenters. The Morgan fingerprint density at radius 1 is 1.11 bits per heavy atom. The van der Waals surface area contributed by atoms with Gasteiger partial charge in [0.2, 0.25) is 0 Å². The number of nitrogens with two attached hydrogens (primary N) is 1. The molecule has 0 aliphatic carbocycles. The van der Waals surface area contributed by atoms with E-state index in [1.165, 1.54) is 6.33 Å². The lowest BCUT2D eigenvalue weighted by Gasteiger charge is -2.29. The van der Waals surface area contributed by atoms with Crippen molar-refractivity contribution in [3.8, 4) is 11.1 Å². The van der Waals surface area contributed by atoms with E-state index < -0.39 is 11.6 Å². The van der Waals surface area contributed by atoms with E-state index >= 15 is 0 Å². The van der Waals surface area contributed by atoms with Gasteiger partial charge in [-0.25, -0.2) is 14.3 Å². The minimum absolute atomic E-state index is 0.248. The summed E-state index contributed by atoms with van der Waals surface area (Å²) in [5.74, 6) is -0.00780. The Bertz CT molecular complexity index is 1500. The van der Waals surface area contributed by atoms with Crippen LogP contribution >= 0.6 is 11.6 Å². The van der Waals surface area contributed by atoms with E-state index in [2.05, 4.69) is 26.0 Å². The van der Waals surface area contributed by atoms with Crippen LogP contribution in [0.1, 0.15) is 29.8 Å². The van der Waals surface area contributed by atoms with E-state index in [-0.39, 0.29) is 11.7 Å². The topological polar surface area (TPSA) is 130 Å². The van der Waals surface area contributed by atoms with Crippen LogP contribution in [0.15, 0.2) is 55.0 Å². The Morgan fingerprint density at radius 2 is 1.82 bits per heavy atom. The Hall–Kier alpha value is -4.15. The quantitative estimate of drug-likeness (QED) is 0.273. The Labute approximate surface area is 226 Å². The lowest BCUT2D eigenvalue weighted by molar-refractivity contribution is 0.0900. The van der Waals surface area contributed by atoms with E-state index in [1.54, 1.807) is 47.1 Å². The summed E-state index contributed by atoms with van der Waals surface area (Å²) in [4.78, 5) is 32.1. The maximum absolute atomic E-state index is 13.4. The number of aromatic nitrogens is 3. The zero-order valence-corrected chi connectivity index (χ0v) is 22.7. The second-order valence-corrected chi connectivity index (χ2v) is 10.5. The summed E-state index contributed by atoms with van der Waals surface area (Å²) in [6.45, 7) is 6.49. The van der Waals surface area contributed by atoms with Crippen molar-refractivity contribution in [2.75, 3.05) is 37.0 Å². The monoisotopic (exact) mass is 534 g/mol. The second kappa shape index (κ2) is 10.7. The fourth-order valence-electron chi connectivity index (χ4n) is 4.44. The van der Waals surface area contributed by atoms with Crippen LogP contribution in [0.25, 0.3) is 16.6 Å². The number of benzene rings is 2. The number of rotatable bonds is 7. The molecule has 4 aromatic rings. The van der Waals surface area contributed by atoms with Gasteiger partial charge in [-0.05, 0) is 70.3 Å². The van der Waals surface area contributed by atoms with Crippen LogP contribution in [0.5, 0.6) is 0 Å². The van der Waals surface area contributed by atoms with Crippen molar-refractivity contribution in [2.45, 2.75) is 26.3 Å². The molecule has 5 N–H and O–H groups in total. The molecule has 0 aliphatic rings. The molecule has 0 radical (unpaired) electrons. The van der Waals surface area contributed by atoms with Gasteiger partial charge in [-0.3, -0.25) is 4.79 Å². The number of likely N-dealkylation sites (N-methyl/N-ethyl adjacent to an activating group) is 1. The predicted octanol–water partition coefficient (Wildman–Crippen LogP) is 4.65. The SMILES string of the molecule is Cc1ccc(Cl)c(NC(=O)Nc2ccc(-c3c(C(=O)NC(C)(C)CN(C)C)cn4ncnc(N)c34)cc2)c1. The summed E-state index contributed by atoms with van der Waals surface area (Å²) in [6, 6.07) is 12.1. The molecule has 0 aliphatic heterocycles. The number of nitrogens with one attached hydrogen (secondary N) is 3. The second-order valence-electron chi connectivity index (χ2n) is 10.1. The largest absolute Gasteiger partial charge is 0.382 e. The van der Waals surface area contributed by atoms with Gasteiger partial charge in [-0.15, -0.1) is 0 Å². The number of amides is 3. The molecule has 0 bridgehead atoms. The third-order valence-electron chi connectivity index (χ3n) is 5.81. The van der Waals surface area contributed by atoms with Crippen LogP contribution < -0.4 is 21.7 Å². The number of carbonyl (C=O) groups excluding carboxylic acids is 2. The van der Waals surface area contributed by atoms with Crippen LogP contribution in [-0.4, -0.2) is 57.6 Å². The lowest BCUT2D eigenvalue weighted by atomic mass is 9.99. The normalized spacial score (nSPS) is 11.6. The zero-order chi connectivity index (χ0) is 27.6. The summed E-state index contributed by atoms with van der Waals surface area (Å²) in [6.07, 6.45) is 2.99. The van der Waals surface area contributed by atoms with E-state index in [9.17, 15) is 9.59 Å². The molecule has 0 saturated heterocycles. The highest BCUT2D eigenvalue weighted by molar-refractivity contribution is 6.33. The smallest absolute Gasteiger partial charge is 0.323 e. The molecule has 3 amide bonds. The van der Waals surface area contributed by atoms with E-state index in [4.69, 9.17) is 17.3 Å². The maximum atomic E-state index is 13.4. The fourth-order valence-corrected chi connectivity index (χ4v) is 4.61. The highest BCUT2D eigenvalue weighted by Crippen LogP contribution is 2.33. The maximum Gasteiger partial charge on any atom is 0.323 e. The van der Waals surface area contributed by atoms with E-state index in [1.807, 2.05) is 45.8 Å². The summed E-state index contributed by atoms with van der Waals surface area (Å²) in [7, 11) is 3.90. The Balaban J connectivity index is 1.62. The highest BCUT2D eigenvalue weighted by Gasteiger charge is 2.27. The van der Waals surface area contributed by atoms with Gasteiger partial charge in [-0.1, -0.05) is 29.8 Å².